The van der Waals surface area contributed by atoms with Crippen LogP contribution in [0.15, 0.2) is 18.2 Å². The molecule has 1 aromatic rings. The molecule has 0 radical (unpaired) electrons. The summed E-state index contributed by atoms with van der Waals surface area (Å²) in [5.74, 6) is 0.295. The van der Waals surface area contributed by atoms with Gasteiger partial charge in [-0.1, -0.05) is 6.07 Å². The first-order valence-corrected chi connectivity index (χ1v) is 9.25. The summed E-state index contributed by atoms with van der Waals surface area (Å²) in [6, 6.07) is 6.23. The molecule has 0 saturated heterocycles. The Morgan fingerprint density at radius 3 is 2.56 bits per heavy atom. The largest absolute Gasteiger partial charge is 0.497 e. The number of aryl methyl sites for hydroxylation is 1. The highest BCUT2D eigenvalue weighted by Gasteiger charge is 2.30. The Hall–Kier alpha value is -2.04. The van der Waals surface area contributed by atoms with Crippen molar-refractivity contribution in [1.29, 1.82) is 0 Å². The van der Waals surface area contributed by atoms with Crippen LogP contribution in [0, 0.1) is 11.8 Å². The highest BCUT2D eigenvalue weighted by Crippen LogP contribution is 2.34. The first-order valence-electron chi connectivity index (χ1n) is 9.25. The summed E-state index contributed by atoms with van der Waals surface area (Å²) < 4.78 is 5.31. The number of nitrogens with one attached hydrogen (secondary N) is 1. The average molecular weight is 345 g/mol. The maximum atomic E-state index is 12.5. The van der Waals surface area contributed by atoms with E-state index in [1.54, 1.807) is 7.11 Å². The van der Waals surface area contributed by atoms with E-state index in [2.05, 4.69) is 17.4 Å². The summed E-state index contributed by atoms with van der Waals surface area (Å²) in [7, 11) is 1.68. The highest BCUT2D eigenvalue weighted by molar-refractivity contribution is 5.79. The summed E-state index contributed by atoms with van der Waals surface area (Å²) >= 11 is 0. The van der Waals surface area contributed by atoms with Crippen LogP contribution in [0.3, 0.4) is 0 Å². The molecule has 1 fully saturated rings. The number of ether oxygens (including phenoxy) is 1. The van der Waals surface area contributed by atoms with E-state index >= 15 is 0 Å². The minimum absolute atomic E-state index is 0.0328. The third-order valence-corrected chi connectivity index (χ3v) is 5.76. The molecule has 0 heterocycles. The molecule has 0 spiro atoms. The van der Waals surface area contributed by atoms with E-state index < -0.39 is 5.97 Å². The molecular formula is C20H27NO4. The monoisotopic (exact) mass is 345 g/mol. The molecule has 1 aromatic carbocycles. The van der Waals surface area contributed by atoms with Gasteiger partial charge >= 0.3 is 5.97 Å². The van der Waals surface area contributed by atoms with E-state index in [0.717, 1.165) is 25.0 Å². The van der Waals surface area contributed by atoms with Gasteiger partial charge in [-0.05, 0) is 68.2 Å². The first-order chi connectivity index (χ1) is 12.1. The van der Waals surface area contributed by atoms with Gasteiger partial charge in [-0.3, -0.25) is 9.59 Å². The second-order valence-electron chi connectivity index (χ2n) is 7.29. The molecule has 0 bridgehead atoms. The van der Waals surface area contributed by atoms with Crippen LogP contribution in [-0.4, -0.2) is 30.6 Å². The minimum Gasteiger partial charge on any atom is -0.497 e. The van der Waals surface area contributed by atoms with E-state index in [9.17, 15) is 9.59 Å². The third kappa shape index (κ3) is 4.14. The second kappa shape index (κ2) is 7.89. The summed E-state index contributed by atoms with van der Waals surface area (Å²) in [5, 5.41) is 12.2. The molecule has 3 rings (SSSR count). The van der Waals surface area contributed by atoms with Gasteiger partial charge in [-0.2, -0.15) is 0 Å². The van der Waals surface area contributed by atoms with Crippen molar-refractivity contribution < 1.29 is 19.4 Å². The third-order valence-electron chi connectivity index (χ3n) is 5.76. The topological polar surface area (TPSA) is 75.6 Å². The number of fused-ring (bicyclic) bond motifs is 1. The molecule has 2 N–H and O–H groups in total. The van der Waals surface area contributed by atoms with Crippen molar-refractivity contribution in [2.45, 2.75) is 50.9 Å². The van der Waals surface area contributed by atoms with Crippen LogP contribution in [0.5, 0.6) is 5.75 Å². The average Bonchev–Trinajstić information content (AvgIpc) is 2.65. The van der Waals surface area contributed by atoms with Crippen molar-refractivity contribution in [1.82, 2.24) is 5.32 Å². The molecule has 5 heteroatoms. The number of carboxylic acid groups (broad SMARTS) is 1. The molecular weight excluding hydrogens is 318 g/mol. The number of aliphatic carboxylic acids is 1. The van der Waals surface area contributed by atoms with Gasteiger partial charge in [0, 0.05) is 18.4 Å². The molecule has 0 aliphatic heterocycles. The van der Waals surface area contributed by atoms with Crippen LogP contribution in [0.25, 0.3) is 0 Å². The number of methoxy groups -OCH3 is 1. The number of rotatable bonds is 5. The number of hydrogen-bond acceptors (Lipinski definition) is 3. The van der Waals surface area contributed by atoms with Gasteiger partial charge in [0.15, 0.2) is 0 Å². The Morgan fingerprint density at radius 2 is 1.88 bits per heavy atom. The van der Waals surface area contributed by atoms with Crippen LogP contribution in [-0.2, 0) is 16.0 Å². The lowest BCUT2D eigenvalue weighted by Crippen LogP contribution is -2.37. The van der Waals surface area contributed by atoms with Gasteiger partial charge in [-0.15, -0.1) is 0 Å². The Kier molecular flexibility index (Phi) is 5.61. The molecule has 2 aliphatic rings. The summed E-state index contributed by atoms with van der Waals surface area (Å²) in [4.78, 5) is 23.5. The lowest BCUT2D eigenvalue weighted by molar-refractivity contribution is -0.144. The lowest BCUT2D eigenvalue weighted by Gasteiger charge is -2.28. The molecule has 1 amide bonds. The van der Waals surface area contributed by atoms with Crippen LogP contribution in [0.2, 0.25) is 0 Å². The SMILES string of the molecule is COc1ccc2c(c1)CCCC2CNC(=O)C1CCC(C(=O)O)CC1. The fourth-order valence-electron chi connectivity index (χ4n) is 4.20. The van der Waals surface area contributed by atoms with Crippen molar-refractivity contribution in [2.24, 2.45) is 11.8 Å². The molecule has 1 atom stereocenters. The van der Waals surface area contributed by atoms with Crippen molar-refractivity contribution in [2.75, 3.05) is 13.7 Å². The van der Waals surface area contributed by atoms with Crippen molar-refractivity contribution in [3.63, 3.8) is 0 Å². The van der Waals surface area contributed by atoms with Crippen LogP contribution in [0.4, 0.5) is 0 Å². The van der Waals surface area contributed by atoms with Crippen molar-refractivity contribution >= 4 is 11.9 Å². The highest BCUT2D eigenvalue weighted by atomic mass is 16.5. The molecule has 25 heavy (non-hydrogen) atoms. The Labute approximate surface area is 148 Å². The van der Waals surface area contributed by atoms with Gasteiger partial charge < -0.3 is 15.2 Å². The number of carbonyl (C=O) groups is 2. The summed E-state index contributed by atoms with van der Waals surface area (Å²) in [6.45, 7) is 0.664. The van der Waals surface area contributed by atoms with E-state index in [4.69, 9.17) is 9.84 Å². The van der Waals surface area contributed by atoms with Crippen molar-refractivity contribution in [3.8, 4) is 5.75 Å². The molecule has 0 aromatic heterocycles. The predicted octanol–water partition coefficient (Wildman–Crippen LogP) is 3.12. The number of carboxylic acids is 1. The Balaban J connectivity index is 1.54. The minimum atomic E-state index is -0.729. The van der Waals surface area contributed by atoms with E-state index in [1.807, 2.05) is 6.07 Å². The molecule has 136 valence electrons. The standard InChI is InChI=1S/C20H27NO4/c1-25-17-9-10-18-15(11-17)3-2-4-16(18)12-21-19(22)13-5-7-14(8-6-13)20(23)24/h9-11,13-14,16H,2-8,12H2,1H3,(H,21,22)(H,23,24). The van der Waals surface area contributed by atoms with Crippen LogP contribution >= 0.6 is 0 Å². The predicted molar refractivity (Wildman–Crippen MR) is 94.8 cm³/mol. The van der Waals surface area contributed by atoms with Gasteiger partial charge in [0.05, 0.1) is 13.0 Å². The maximum absolute atomic E-state index is 12.5. The number of carbonyl (C=O) groups excluding carboxylic acids is 1. The molecule has 1 saturated carbocycles. The van der Waals surface area contributed by atoms with E-state index in [-0.39, 0.29) is 17.7 Å². The number of benzene rings is 1. The molecule has 5 nitrogen and oxygen atoms in total. The molecule has 1 unspecified atom stereocenters. The fourth-order valence-corrected chi connectivity index (χ4v) is 4.20. The maximum Gasteiger partial charge on any atom is 0.306 e. The summed E-state index contributed by atoms with van der Waals surface area (Å²) in [5.41, 5.74) is 2.65. The number of amides is 1. The second-order valence-corrected chi connectivity index (χ2v) is 7.29. The lowest BCUT2D eigenvalue weighted by atomic mass is 9.81. The quantitative estimate of drug-likeness (QED) is 0.860. The van der Waals surface area contributed by atoms with E-state index in [1.165, 1.54) is 11.1 Å². The van der Waals surface area contributed by atoms with Gasteiger partial charge in [-0.25, -0.2) is 0 Å². The smallest absolute Gasteiger partial charge is 0.306 e. The zero-order valence-corrected chi connectivity index (χ0v) is 14.8. The zero-order valence-electron chi connectivity index (χ0n) is 14.8. The Bertz CT molecular complexity index is 635. The van der Waals surface area contributed by atoms with Crippen LogP contribution < -0.4 is 10.1 Å². The van der Waals surface area contributed by atoms with E-state index in [0.29, 0.717) is 38.1 Å². The first kappa shape index (κ1) is 17.8. The van der Waals surface area contributed by atoms with Gasteiger partial charge in [0.2, 0.25) is 5.91 Å². The van der Waals surface area contributed by atoms with Crippen molar-refractivity contribution in [3.05, 3.63) is 29.3 Å². The number of hydrogen-bond donors (Lipinski definition) is 2. The van der Waals surface area contributed by atoms with Gasteiger partial charge in [0.1, 0.15) is 5.75 Å². The van der Waals surface area contributed by atoms with Gasteiger partial charge in [0.25, 0.3) is 0 Å². The fraction of sp³-hybridized carbons (Fsp3) is 0.600. The summed E-state index contributed by atoms with van der Waals surface area (Å²) in [6.07, 6.45) is 5.87. The zero-order chi connectivity index (χ0) is 17.8. The normalized spacial score (nSPS) is 25.7. The Morgan fingerprint density at radius 1 is 1.16 bits per heavy atom. The molecule has 2 aliphatic carbocycles. The van der Waals surface area contributed by atoms with Crippen LogP contribution in [0.1, 0.15) is 55.6 Å².